The Bertz CT molecular complexity index is 422. The Hall–Kier alpha value is -0.420. The smallest absolute Gasteiger partial charge is 0.147 e. The zero-order valence-corrected chi connectivity index (χ0v) is 11.7. The van der Waals surface area contributed by atoms with Gasteiger partial charge in [-0.2, -0.15) is 0 Å². The van der Waals surface area contributed by atoms with Gasteiger partial charge in [-0.05, 0) is 38.5 Å². The fraction of sp³-hybridized carbons (Fsp3) is 0.867. The lowest BCUT2D eigenvalue weighted by molar-refractivity contribution is -0.0978. The predicted molar refractivity (Wildman–Crippen MR) is 70.5 cm³/mol. The zero-order chi connectivity index (χ0) is 14.1. The van der Waals surface area contributed by atoms with Crippen molar-refractivity contribution in [2.45, 2.75) is 62.9 Å². The number of allylic oxidation sites excluding steroid dienone is 1. The van der Waals surface area contributed by atoms with E-state index in [4.69, 9.17) is 4.74 Å². The normalized spacial score (nSPS) is 56.2. The first kappa shape index (κ1) is 13.6. The Morgan fingerprint density at radius 3 is 2.63 bits per heavy atom. The number of aliphatic hydroxyl groups is 3. The summed E-state index contributed by atoms with van der Waals surface area (Å²) >= 11 is 0. The van der Waals surface area contributed by atoms with Crippen molar-refractivity contribution in [2.75, 3.05) is 6.61 Å². The van der Waals surface area contributed by atoms with Crippen LogP contribution in [0.3, 0.4) is 0 Å². The third-order valence-electron chi connectivity index (χ3n) is 6.11. The largest absolute Gasteiger partial charge is 0.393 e. The molecule has 0 bridgehead atoms. The Balaban J connectivity index is 2.01. The summed E-state index contributed by atoms with van der Waals surface area (Å²) in [5, 5.41) is 30.6. The number of hydrogen-bond acceptors (Lipinski definition) is 4. The number of aliphatic hydroxyl groups excluding tert-OH is 3. The molecule has 108 valence electrons. The molecule has 4 nitrogen and oxygen atoms in total. The molecule has 0 unspecified atom stereocenters. The molecule has 3 N–H and O–H groups in total. The summed E-state index contributed by atoms with van der Waals surface area (Å²) in [7, 11) is 0. The van der Waals surface area contributed by atoms with E-state index in [-0.39, 0.29) is 17.9 Å². The highest BCUT2D eigenvalue weighted by molar-refractivity contribution is 5.32. The second-order valence-electron chi connectivity index (χ2n) is 6.95. The molecule has 0 aromatic carbocycles. The van der Waals surface area contributed by atoms with E-state index in [1.807, 2.05) is 13.8 Å². The maximum Gasteiger partial charge on any atom is 0.147 e. The number of hydrogen-bond donors (Lipinski definition) is 3. The summed E-state index contributed by atoms with van der Waals surface area (Å²) < 4.78 is 5.97. The maximum atomic E-state index is 10.6. The molecular weight excluding hydrogens is 244 g/mol. The average Bonchev–Trinajstić information content (AvgIpc) is 3.04. The predicted octanol–water partition coefficient (Wildman–Crippen LogP) is 0.994. The third-order valence-corrected chi connectivity index (χ3v) is 6.11. The van der Waals surface area contributed by atoms with Crippen LogP contribution in [0.5, 0.6) is 0 Å². The zero-order valence-electron chi connectivity index (χ0n) is 11.7. The molecule has 1 heterocycles. The van der Waals surface area contributed by atoms with Gasteiger partial charge in [0.15, 0.2) is 0 Å². The fourth-order valence-electron chi connectivity index (χ4n) is 4.58. The van der Waals surface area contributed by atoms with Gasteiger partial charge in [-0.25, -0.2) is 0 Å². The summed E-state index contributed by atoms with van der Waals surface area (Å²) in [4.78, 5) is 0. The second kappa shape index (κ2) is 3.82. The molecular formula is C15H24O4. The van der Waals surface area contributed by atoms with E-state index in [1.54, 1.807) is 0 Å². The van der Waals surface area contributed by atoms with Crippen LogP contribution in [0.25, 0.3) is 0 Å². The van der Waals surface area contributed by atoms with E-state index in [2.05, 4.69) is 6.58 Å². The molecule has 3 fully saturated rings. The Morgan fingerprint density at radius 1 is 1.37 bits per heavy atom. The van der Waals surface area contributed by atoms with Crippen molar-refractivity contribution in [1.29, 1.82) is 0 Å². The molecule has 3 rings (SSSR count). The van der Waals surface area contributed by atoms with Crippen LogP contribution in [0, 0.1) is 11.3 Å². The second-order valence-corrected chi connectivity index (χ2v) is 6.95. The molecule has 4 heteroatoms. The van der Waals surface area contributed by atoms with E-state index in [0.29, 0.717) is 12.8 Å². The van der Waals surface area contributed by atoms with E-state index in [0.717, 1.165) is 18.4 Å². The quantitative estimate of drug-likeness (QED) is 0.516. The van der Waals surface area contributed by atoms with E-state index in [9.17, 15) is 15.3 Å². The maximum absolute atomic E-state index is 10.6. The summed E-state index contributed by atoms with van der Waals surface area (Å²) in [6, 6.07) is 0. The highest BCUT2D eigenvalue weighted by Crippen LogP contribution is 2.71. The monoisotopic (exact) mass is 268 g/mol. The van der Waals surface area contributed by atoms with Crippen molar-refractivity contribution in [2.24, 2.45) is 11.3 Å². The van der Waals surface area contributed by atoms with Gasteiger partial charge in [-0.1, -0.05) is 19.1 Å². The molecule has 0 radical (unpaired) electrons. The van der Waals surface area contributed by atoms with E-state index in [1.165, 1.54) is 0 Å². The Labute approximate surface area is 114 Å². The third kappa shape index (κ3) is 1.38. The van der Waals surface area contributed by atoms with Crippen LogP contribution in [0.1, 0.15) is 39.5 Å². The molecule has 2 saturated carbocycles. The molecule has 3 aliphatic rings. The van der Waals surface area contributed by atoms with Crippen LogP contribution < -0.4 is 0 Å². The highest BCUT2D eigenvalue weighted by atomic mass is 16.7. The minimum Gasteiger partial charge on any atom is -0.393 e. The highest BCUT2D eigenvalue weighted by Gasteiger charge is 2.83. The van der Waals surface area contributed by atoms with Crippen molar-refractivity contribution in [3.05, 3.63) is 12.2 Å². The summed E-state index contributed by atoms with van der Waals surface area (Å²) in [5.41, 5.74) is -0.790. The van der Waals surface area contributed by atoms with Gasteiger partial charge in [-0.3, -0.25) is 0 Å². The van der Waals surface area contributed by atoms with Crippen molar-refractivity contribution >= 4 is 0 Å². The van der Waals surface area contributed by atoms with Crippen LogP contribution in [-0.4, -0.2) is 45.3 Å². The van der Waals surface area contributed by atoms with E-state index >= 15 is 0 Å². The van der Waals surface area contributed by atoms with Crippen LogP contribution in [0.2, 0.25) is 0 Å². The lowest BCUT2D eigenvalue weighted by atomic mass is 9.52. The van der Waals surface area contributed by atoms with Gasteiger partial charge < -0.3 is 20.1 Å². The Kier molecular flexibility index (Phi) is 2.72. The molecule has 0 aromatic rings. The minimum atomic E-state index is -0.866. The number of epoxide rings is 1. The standard InChI is InChI=1S/C15H24O4/c1-9(2)10-6-12(18)13(3)5-4-11(17)14(8-16)15(13,7-10)19-14/h10-12,16-18H,1,4-8H2,2-3H3/t10-,11-,12-,13+,14-,15+/m1/s1. The minimum absolute atomic E-state index is 0.181. The van der Waals surface area contributed by atoms with Crippen LogP contribution in [0.4, 0.5) is 0 Å². The molecule has 19 heavy (non-hydrogen) atoms. The summed E-state index contributed by atoms with van der Waals surface area (Å²) in [6.45, 7) is 7.83. The van der Waals surface area contributed by atoms with Crippen molar-refractivity contribution in [3.8, 4) is 0 Å². The van der Waals surface area contributed by atoms with Gasteiger partial charge in [0.25, 0.3) is 0 Å². The summed E-state index contributed by atoms with van der Waals surface area (Å²) in [5.74, 6) is 0.196. The number of ether oxygens (including phenoxy) is 1. The first-order valence-corrected chi connectivity index (χ1v) is 7.15. The van der Waals surface area contributed by atoms with Crippen molar-refractivity contribution < 1.29 is 20.1 Å². The number of rotatable bonds is 2. The van der Waals surface area contributed by atoms with Crippen LogP contribution in [-0.2, 0) is 4.74 Å². The molecule has 2 aliphatic carbocycles. The molecule has 1 spiro atoms. The van der Waals surface area contributed by atoms with Gasteiger partial charge in [0.05, 0.1) is 18.8 Å². The first-order chi connectivity index (χ1) is 8.83. The molecule has 1 saturated heterocycles. The molecule has 1 aliphatic heterocycles. The topological polar surface area (TPSA) is 73.2 Å². The van der Waals surface area contributed by atoms with Crippen molar-refractivity contribution in [3.63, 3.8) is 0 Å². The average molecular weight is 268 g/mol. The van der Waals surface area contributed by atoms with Crippen LogP contribution >= 0.6 is 0 Å². The van der Waals surface area contributed by atoms with Gasteiger partial charge in [0.2, 0.25) is 0 Å². The van der Waals surface area contributed by atoms with Gasteiger partial charge >= 0.3 is 0 Å². The Morgan fingerprint density at radius 2 is 2.05 bits per heavy atom. The summed E-state index contributed by atoms with van der Waals surface area (Å²) in [6.07, 6.45) is 1.65. The van der Waals surface area contributed by atoms with Crippen molar-refractivity contribution in [1.82, 2.24) is 0 Å². The molecule has 0 aromatic heterocycles. The fourth-order valence-corrected chi connectivity index (χ4v) is 4.58. The van der Waals surface area contributed by atoms with Gasteiger partial charge in [0, 0.05) is 5.41 Å². The van der Waals surface area contributed by atoms with Gasteiger partial charge in [0.1, 0.15) is 11.2 Å². The lowest BCUT2D eigenvalue weighted by Gasteiger charge is -2.51. The SMILES string of the molecule is C=C(C)[C@@H]1C[C@@H](O)[C@]2(C)CC[C@@H](O)[C@@]3(CO)O[C@@]23C1. The molecule has 6 atom stereocenters. The van der Waals surface area contributed by atoms with Gasteiger partial charge in [-0.15, -0.1) is 0 Å². The van der Waals surface area contributed by atoms with Crippen LogP contribution in [0.15, 0.2) is 12.2 Å². The molecule has 0 amide bonds. The van der Waals surface area contributed by atoms with E-state index < -0.39 is 23.4 Å². The first-order valence-electron chi connectivity index (χ1n) is 7.15. The lowest BCUT2D eigenvalue weighted by Crippen LogP contribution is -2.61.